The lowest BCUT2D eigenvalue weighted by atomic mass is 9.91. The number of fused-ring (bicyclic) bond motifs is 1. The van der Waals surface area contributed by atoms with Gasteiger partial charge in [0.05, 0.1) is 0 Å². The van der Waals surface area contributed by atoms with Gasteiger partial charge in [-0.1, -0.05) is 0 Å². The molecule has 0 aliphatic carbocycles. The number of hydrogen-bond acceptors (Lipinski definition) is 5. The third kappa shape index (κ3) is 3.07. The molecule has 3 rings (SSSR count). The predicted molar refractivity (Wildman–Crippen MR) is 80.3 cm³/mol. The monoisotopic (exact) mass is 314 g/mol. The van der Waals surface area contributed by atoms with E-state index in [0.29, 0.717) is 30.0 Å². The first-order chi connectivity index (χ1) is 9.73. The molecule has 1 aromatic rings. The largest absolute Gasteiger partial charge is 0.454 e. The quantitative estimate of drug-likeness (QED) is 0.886. The van der Waals surface area contributed by atoms with Crippen molar-refractivity contribution < 1.29 is 19.0 Å². The summed E-state index contributed by atoms with van der Waals surface area (Å²) in [7, 11) is 1.59. The Morgan fingerprint density at radius 2 is 2.00 bits per heavy atom. The Labute approximate surface area is 129 Å². The van der Waals surface area contributed by atoms with Crippen LogP contribution in [0.4, 0.5) is 5.69 Å². The number of hydrogen-bond donors (Lipinski definition) is 2. The topological polar surface area (TPSA) is 68.8 Å². The summed E-state index contributed by atoms with van der Waals surface area (Å²) in [6.07, 6.45) is 1.33. The Morgan fingerprint density at radius 3 is 2.71 bits per heavy atom. The second-order valence-corrected chi connectivity index (χ2v) is 4.97. The smallest absolute Gasteiger partial charge is 0.256 e. The highest BCUT2D eigenvalue weighted by Gasteiger charge is 2.39. The molecular formula is C14H19ClN2O4. The number of piperidine rings is 1. The molecule has 21 heavy (non-hydrogen) atoms. The number of carbonyl (C=O) groups is 1. The maximum absolute atomic E-state index is 12.5. The molecule has 1 saturated heterocycles. The lowest BCUT2D eigenvalue weighted by Gasteiger charge is -2.34. The van der Waals surface area contributed by atoms with E-state index < -0.39 is 5.60 Å². The summed E-state index contributed by atoms with van der Waals surface area (Å²) < 4.78 is 16.0. The van der Waals surface area contributed by atoms with Crippen LogP contribution in [0.5, 0.6) is 11.5 Å². The van der Waals surface area contributed by atoms with E-state index in [1.54, 1.807) is 25.3 Å². The Kier molecular flexibility index (Phi) is 4.92. The minimum absolute atomic E-state index is 0. The molecule has 2 heterocycles. The van der Waals surface area contributed by atoms with E-state index in [0.717, 1.165) is 13.1 Å². The van der Waals surface area contributed by atoms with Gasteiger partial charge in [0, 0.05) is 18.9 Å². The molecule has 1 fully saturated rings. The highest BCUT2D eigenvalue weighted by molar-refractivity contribution is 5.97. The molecule has 2 N–H and O–H groups in total. The molecule has 2 aliphatic heterocycles. The Morgan fingerprint density at radius 1 is 1.29 bits per heavy atom. The van der Waals surface area contributed by atoms with Crippen LogP contribution in [-0.4, -0.2) is 38.5 Å². The number of ether oxygens (including phenoxy) is 3. The van der Waals surface area contributed by atoms with E-state index in [9.17, 15) is 4.79 Å². The number of carbonyl (C=O) groups excluding carboxylic acids is 1. The number of methoxy groups -OCH3 is 1. The normalized spacial score (nSPS) is 18.7. The van der Waals surface area contributed by atoms with Crippen molar-refractivity contribution in [1.29, 1.82) is 0 Å². The summed E-state index contributed by atoms with van der Waals surface area (Å²) in [4.78, 5) is 12.5. The van der Waals surface area contributed by atoms with Gasteiger partial charge in [-0.15, -0.1) is 12.4 Å². The van der Waals surface area contributed by atoms with Crippen LogP contribution in [0.25, 0.3) is 0 Å². The zero-order valence-electron chi connectivity index (χ0n) is 11.8. The van der Waals surface area contributed by atoms with Crippen molar-refractivity contribution in [1.82, 2.24) is 5.32 Å². The highest BCUT2D eigenvalue weighted by Crippen LogP contribution is 2.34. The van der Waals surface area contributed by atoms with E-state index in [1.165, 1.54) is 0 Å². The van der Waals surface area contributed by atoms with Crippen molar-refractivity contribution in [2.24, 2.45) is 0 Å². The summed E-state index contributed by atoms with van der Waals surface area (Å²) in [5.74, 6) is 1.24. The van der Waals surface area contributed by atoms with Crippen LogP contribution in [0.3, 0.4) is 0 Å². The zero-order valence-corrected chi connectivity index (χ0v) is 12.6. The predicted octanol–water partition coefficient (Wildman–Crippen LogP) is 1.54. The van der Waals surface area contributed by atoms with Gasteiger partial charge < -0.3 is 24.8 Å². The maximum atomic E-state index is 12.5. The van der Waals surface area contributed by atoms with Crippen molar-refractivity contribution in [3.63, 3.8) is 0 Å². The van der Waals surface area contributed by atoms with Crippen molar-refractivity contribution in [3.8, 4) is 11.5 Å². The van der Waals surface area contributed by atoms with E-state index in [1.807, 2.05) is 0 Å². The standard InChI is InChI=1S/C14H18N2O4.ClH/c1-18-14(4-6-15-7-5-14)13(17)16-10-2-3-11-12(8-10)20-9-19-11;/h2-3,8,15H,4-7,9H2,1H3,(H,16,17);1H. The van der Waals surface area contributed by atoms with Crippen LogP contribution in [0.1, 0.15) is 12.8 Å². The van der Waals surface area contributed by atoms with Gasteiger partial charge in [0.2, 0.25) is 6.79 Å². The molecule has 0 aromatic heterocycles. The molecule has 7 heteroatoms. The van der Waals surface area contributed by atoms with Crippen LogP contribution >= 0.6 is 12.4 Å². The average Bonchev–Trinajstić information content (AvgIpc) is 2.95. The first-order valence-corrected chi connectivity index (χ1v) is 6.70. The van der Waals surface area contributed by atoms with Gasteiger partial charge in [-0.25, -0.2) is 0 Å². The fourth-order valence-corrected chi connectivity index (χ4v) is 2.57. The van der Waals surface area contributed by atoms with E-state index in [-0.39, 0.29) is 25.1 Å². The van der Waals surface area contributed by atoms with Gasteiger partial charge in [0.25, 0.3) is 5.91 Å². The molecule has 6 nitrogen and oxygen atoms in total. The summed E-state index contributed by atoms with van der Waals surface area (Å²) in [5, 5.41) is 6.14. The van der Waals surface area contributed by atoms with E-state index in [2.05, 4.69) is 10.6 Å². The molecule has 0 atom stereocenters. The molecule has 0 bridgehead atoms. The lowest BCUT2D eigenvalue weighted by Crippen LogP contribution is -2.51. The summed E-state index contributed by atoms with van der Waals surface area (Å²) >= 11 is 0. The number of anilines is 1. The van der Waals surface area contributed by atoms with Crippen LogP contribution in [0.2, 0.25) is 0 Å². The molecule has 0 saturated carbocycles. The number of amides is 1. The van der Waals surface area contributed by atoms with E-state index in [4.69, 9.17) is 14.2 Å². The minimum Gasteiger partial charge on any atom is -0.454 e. The Balaban J connectivity index is 0.00000161. The van der Waals surface area contributed by atoms with Crippen LogP contribution in [0, 0.1) is 0 Å². The highest BCUT2D eigenvalue weighted by atomic mass is 35.5. The van der Waals surface area contributed by atoms with Gasteiger partial charge in [-0.3, -0.25) is 4.79 Å². The summed E-state index contributed by atoms with van der Waals surface area (Å²) in [5.41, 5.74) is -0.0593. The molecule has 0 spiro atoms. The summed E-state index contributed by atoms with van der Waals surface area (Å²) in [6, 6.07) is 5.36. The maximum Gasteiger partial charge on any atom is 0.256 e. The van der Waals surface area contributed by atoms with Crippen molar-refractivity contribution in [3.05, 3.63) is 18.2 Å². The second-order valence-electron chi connectivity index (χ2n) is 4.97. The van der Waals surface area contributed by atoms with Gasteiger partial charge >= 0.3 is 0 Å². The van der Waals surface area contributed by atoms with Gasteiger partial charge in [-0.05, 0) is 38.1 Å². The number of nitrogens with one attached hydrogen (secondary N) is 2. The third-order valence-electron chi connectivity index (χ3n) is 3.85. The Bertz CT molecular complexity index is 518. The minimum atomic E-state index is -0.748. The molecule has 1 aromatic carbocycles. The van der Waals surface area contributed by atoms with Crippen LogP contribution in [-0.2, 0) is 9.53 Å². The van der Waals surface area contributed by atoms with Gasteiger partial charge in [-0.2, -0.15) is 0 Å². The molecule has 116 valence electrons. The second kappa shape index (κ2) is 6.51. The fourth-order valence-electron chi connectivity index (χ4n) is 2.57. The van der Waals surface area contributed by atoms with Gasteiger partial charge in [0.15, 0.2) is 11.5 Å². The molecule has 0 unspecified atom stereocenters. The van der Waals surface area contributed by atoms with Gasteiger partial charge in [0.1, 0.15) is 5.60 Å². The summed E-state index contributed by atoms with van der Waals surface area (Å²) in [6.45, 7) is 1.78. The van der Waals surface area contributed by atoms with Crippen molar-refractivity contribution >= 4 is 24.0 Å². The SMILES string of the molecule is COC1(C(=O)Nc2ccc3c(c2)OCO3)CCNCC1.Cl. The van der Waals surface area contributed by atoms with E-state index >= 15 is 0 Å². The molecular weight excluding hydrogens is 296 g/mol. The molecule has 1 amide bonds. The van der Waals surface area contributed by atoms with Crippen LogP contribution in [0.15, 0.2) is 18.2 Å². The molecule has 0 radical (unpaired) electrons. The average molecular weight is 315 g/mol. The number of rotatable bonds is 3. The van der Waals surface area contributed by atoms with Crippen molar-refractivity contribution in [2.75, 3.05) is 32.3 Å². The number of halogens is 1. The third-order valence-corrected chi connectivity index (χ3v) is 3.85. The first kappa shape index (κ1) is 15.9. The number of benzene rings is 1. The Hall–Kier alpha value is -1.50. The fraction of sp³-hybridized carbons (Fsp3) is 0.500. The lowest BCUT2D eigenvalue weighted by molar-refractivity contribution is -0.140. The van der Waals surface area contributed by atoms with Crippen LogP contribution < -0.4 is 20.1 Å². The van der Waals surface area contributed by atoms with Crippen molar-refractivity contribution in [2.45, 2.75) is 18.4 Å². The first-order valence-electron chi connectivity index (χ1n) is 6.70. The molecule has 2 aliphatic rings. The zero-order chi connectivity index (χ0) is 14.0.